The van der Waals surface area contributed by atoms with Crippen LogP contribution >= 0.6 is 23.1 Å². The third-order valence-corrected chi connectivity index (χ3v) is 14.3. The van der Waals surface area contributed by atoms with Crippen molar-refractivity contribution in [2.24, 2.45) is 0 Å². The van der Waals surface area contributed by atoms with Gasteiger partial charge >= 0.3 is 5.69 Å². The number of rotatable bonds is 11. The molecule has 1 aliphatic heterocycles. The fraction of sp³-hybridized carbons (Fsp3) is 0.452. The number of ether oxygens (including phenoxy) is 1. The summed E-state index contributed by atoms with van der Waals surface area (Å²) >= 11 is 2.84. The fourth-order valence-corrected chi connectivity index (χ4v) is 9.92. The molecule has 0 radical (unpaired) electrons. The fourth-order valence-electron chi connectivity index (χ4n) is 8.11. The van der Waals surface area contributed by atoms with Crippen LogP contribution in [0.3, 0.4) is 0 Å². The van der Waals surface area contributed by atoms with E-state index in [9.17, 15) is 14.9 Å². The number of hydrogen-bond donors (Lipinski definition) is 2. The molecular weight excluding hydrogens is 701 g/mol. The van der Waals surface area contributed by atoms with E-state index in [0.717, 1.165) is 34.1 Å². The van der Waals surface area contributed by atoms with Crippen molar-refractivity contribution in [2.45, 2.75) is 131 Å². The smallest absolute Gasteiger partial charge is 0.333 e. The predicted molar refractivity (Wildman–Crippen MR) is 211 cm³/mol. The molecule has 53 heavy (non-hydrogen) atoms. The van der Waals surface area contributed by atoms with Gasteiger partial charge < -0.3 is 10.1 Å². The van der Waals surface area contributed by atoms with Crippen LogP contribution in [0, 0.1) is 11.3 Å². The lowest BCUT2D eigenvalue weighted by Gasteiger charge is -2.60. The van der Waals surface area contributed by atoms with Gasteiger partial charge in [-0.1, -0.05) is 90.9 Å². The number of nitrogens with one attached hydrogen (secondary N) is 2. The number of nitriles is 1. The maximum absolute atomic E-state index is 14.0. The van der Waals surface area contributed by atoms with Gasteiger partial charge in [0.2, 0.25) is 5.60 Å². The summed E-state index contributed by atoms with van der Waals surface area (Å²) in [6, 6.07) is 18.6. The maximum Gasteiger partial charge on any atom is 0.333 e. The second kappa shape index (κ2) is 13.8. The molecule has 1 spiro atoms. The zero-order valence-electron chi connectivity index (χ0n) is 31.6. The molecule has 1 saturated heterocycles. The summed E-state index contributed by atoms with van der Waals surface area (Å²) < 4.78 is 9.32. The molecule has 2 aliphatic rings. The van der Waals surface area contributed by atoms with Gasteiger partial charge in [0, 0.05) is 28.6 Å². The number of aromatic nitrogens is 4. The van der Waals surface area contributed by atoms with Crippen LogP contribution in [0.2, 0.25) is 0 Å². The lowest BCUT2D eigenvalue weighted by Crippen LogP contribution is -2.83. The molecule has 0 bridgehead atoms. The van der Waals surface area contributed by atoms with Gasteiger partial charge in [0.1, 0.15) is 28.2 Å². The van der Waals surface area contributed by atoms with Crippen molar-refractivity contribution in [1.29, 1.82) is 5.26 Å². The van der Waals surface area contributed by atoms with Crippen LogP contribution in [0.5, 0.6) is 5.75 Å². The van der Waals surface area contributed by atoms with Crippen molar-refractivity contribution < 1.29 is 9.53 Å². The molecule has 1 unspecified atom stereocenters. The monoisotopic (exact) mass is 748 g/mol. The molecule has 2 fully saturated rings. The highest BCUT2D eigenvalue weighted by Gasteiger charge is 2.68. The third-order valence-electron chi connectivity index (χ3n) is 12.3. The Kier molecular flexibility index (Phi) is 9.61. The Morgan fingerprint density at radius 2 is 1.75 bits per heavy atom. The van der Waals surface area contributed by atoms with Crippen molar-refractivity contribution in [2.75, 3.05) is 0 Å². The van der Waals surface area contributed by atoms with E-state index in [1.165, 1.54) is 33.1 Å². The van der Waals surface area contributed by atoms with E-state index >= 15 is 0 Å². The molecule has 7 rings (SSSR count). The first-order chi connectivity index (χ1) is 25.3. The summed E-state index contributed by atoms with van der Waals surface area (Å²) in [5, 5.41) is 16.3. The first-order valence-electron chi connectivity index (χ1n) is 18.7. The molecule has 1 aliphatic carbocycles. The minimum atomic E-state index is -1.01. The number of β-lactam (4-membered cyclic amide) rings is 1. The van der Waals surface area contributed by atoms with Crippen LogP contribution in [0.15, 0.2) is 74.3 Å². The molecule has 1 saturated carbocycles. The number of H-pyrrole nitrogens is 1. The van der Waals surface area contributed by atoms with Gasteiger partial charge in [-0.2, -0.15) is 5.26 Å². The van der Waals surface area contributed by atoms with Crippen molar-refractivity contribution in [3.05, 3.63) is 93.1 Å². The van der Waals surface area contributed by atoms with E-state index in [1.54, 1.807) is 6.20 Å². The first kappa shape index (κ1) is 36.9. The minimum absolute atomic E-state index is 0.0185. The summed E-state index contributed by atoms with van der Waals surface area (Å²) in [6.07, 6.45) is 6.94. The summed E-state index contributed by atoms with van der Waals surface area (Å²) in [5.41, 5.74) is 2.59. The largest absolute Gasteiger partial charge is 0.475 e. The Morgan fingerprint density at radius 1 is 1.04 bits per heavy atom. The highest BCUT2D eigenvalue weighted by Crippen LogP contribution is 2.52. The molecular formula is C42H48N6O3S2. The number of fused-ring (bicyclic) bond motifs is 1. The lowest BCUT2D eigenvalue weighted by molar-refractivity contribution is -0.176. The van der Waals surface area contributed by atoms with Gasteiger partial charge in [-0.05, 0) is 84.7 Å². The minimum Gasteiger partial charge on any atom is -0.475 e. The zero-order valence-corrected chi connectivity index (χ0v) is 33.3. The summed E-state index contributed by atoms with van der Waals surface area (Å²) in [7, 11) is 0. The van der Waals surface area contributed by atoms with E-state index in [1.807, 2.05) is 42.6 Å². The summed E-state index contributed by atoms with van der Waals surface area (Å²) in [6.45, 7) is 15.5. The number of amides is 1. The van der Waals surface area contributed by atoms with E-state index in [4.69, 9.17) is 9.72 Å². The van der Waals surface area contributed by atoms with Crippen LogP contribution in [-0.4, -0.2) is 36.4 Å². The van der Waals surface area contributed by atoms with Gasteiger partial charge in [-0.3, -0.25) is 9.78 Å². The Morgan fingerprint density at radius 3 is 2.36 bits per heavy atom. The first-order valence-corrected chi connectivity index (χ1v) is 20.4. The topological polar surface area (TPSA) is 125 Å². The van der Waals surface area contributed by atoms with Gasteiger partial charge in [-0.25, -0.2) is 19.2 Å². The average Bonchev–Trinajstić information content (AvgIpc) is 3.80. The SMILES string of the molecule is CCC(C)(C)c1ccc(OC2(CC)C(=O)NC23CCC(c2nc4c(C#N)c(-c5ccccc5)c(Sc5nccs5)n4c(=O)[nH]2)CC3)c(C(C)(C)CC)c1. The van der Waals surface area contributed by atoms with Crippen LogP contribution in [0.25, 0.3) is 16.8 Å². The molecule has 2 N–H and O–H groups in total. The van der Waals surface area contributed by atoms with Crippen LogP contribution < -0.4 is 15.7 Å². The number of hydrogen-bond acceptors (Lipinski definition) is 8. The third kappa shape index (κ3) is 6.08. The molecule has 11 heteroatoms. The number of carbonyl (C=O) groups is 1. The standard InChI is InChI=1S/C42H48N6O3S2/c1-8-39(4,5)28-16-17-31(30(24-28)40(6,7)9-2)51-42(10-3)36(49)47-41(42)20-18-27(19-21-41)33-45-34-29(25-43)32(26-14-12-11-13-15-26)35(48(34)37(50)46-33)53-38-44-22-23-52-38/h11-17,22-24,27H,8-10,18-21H2,1-7H3,(H,47,49)(H,45,46,50). The van der Waals surface area contributed by atoms with Gasteiger partial charge in [0.25, 0.3) is 5.91 Å². The molecule has 1 amide bonds. The zero-order chi connectivity index (χ0) is 37.8. The second-order valence-corrected chi connectivity index (χ2v) is 17.9. The van der Waals surface area contributed by atoms with E-state index < -0.39 is 11.1 Å². The molecule has 1 atom stereocenters. The van der Waals surface area contributed by atoms with Crippen molar-refractivity contribution in [3.8, 4) is 22.9 Å². The van der Waals surface area contributed by atoms with Crippen LogP contribution in [-0.2, 0) is 15.6 Å². The Hall–Kier alpha value is -4.40. The molecule has 5 aromatic rings. The normalized spacial score (nSPS) is 21.7. The summed E-state index contributed by atoms with van der Waals surface area (Å²) in [5.74, 6) is 1.20. The van der Waals surface area contributed by atoms with E-state index in [0.29, 0.717) is 59.7 Å². The number of carbonyl (C=O) groups excluding carboxylic acids is 1. The Balaban J connectivity index is 1.22. The summed E-state index contributed by atoms with van der Waals surface area (Å²) in [4.78, 5) is 40.2. The van der Waals surface area contributed by atoms with Crippen LogP contribution in [0.4, 0.5) is 0 Å². The van der Waals surface area contributed by atoms with Crippen molar-refractivity contribution in [3.63, 3.8) is 0 Å². The quantitative estimate of drug-likeness (QED) is 0.129. The molecule has 9 nitrogen and oxygen atoms in total. The number of nitrogens with zero attached hydrogens (tertiary/aromatic N) is 4. The van der Waals surface area contributed by atoms with Gasteiger partial charge in [-0.15, -0.1) is 11.3 Å². The molecule has 276 valence electrons. The Bertz CT molecular complexity index is 2260. The second-order valence-electron chi connectivity index (χ2n) is 15.8. The molecule has 2 aromatic carbocycles. The molecule has 4 heterocycles. The predicted octanol–water partition coefficient (Wildman–Crippen LogP) is 9.30. The highest BCUT2D eigenvalue weighted by molar-refractivity contribution is 8.01. The van der Waals surface area contributed by atoms with Crippen LogP contribution in [0.1, 0.15) is 122 Å². The number of thiazole rings is 1. The number of benzene rings is 2. The highest BCUT2D eigenvalue weighted by atomic mass is 32.2. The van der Waals surface area contributed by atoms with Crippen molar-refractivity contribution >= 4 is 34.7 Å². The van der Waals surface area contributed by atoms with Crippen molar-refractivity contribution in [1.82, 2.24) is 24.7 Å². The van der Waals surface area contributed by atoms with E-state index in [2.05, 4.69) is 81.1 Å². The maximum atomic E-state index is 14.0. The average molecular weight is 749 g/mol. The Labute approximate surface area is 319 Å². The number of aromatic amines is 1. The van der Waals surface area contributed by atoms with Gasteiger partial charge in [0.05, 0.1) is 5.54 Å². The van der Waals surface area contributed by atoms with E-state index in [-0.39, 0.29) is 28.3 Å². The molecule has 3 aromatic heterocycles. The van der Waals surface area contributed by atoms with Gasteiger partial charge in [0.15, 0.2) is 9.99 Å². The lowest BCUT2D eigenvalue weighted by atomic mass is 9.60.